The summed E-state index contributed by atoms with van der Waals surface area (Å²) >= 11 is 0. The van der Waals surface area contributed by atoms with Gasteiger partial charge in [0.1, 0.15) is 6.10 Å². The first kappa shape index (κ1) is 34.9. The summed E-state index contributed by atoms with van der Waals surface area (Å²) in [4.78, 5) is 11.2. The number of aliphatic hydroxyl groups is 2. The summed E-state index contributed by atoms with van der Waals surface area (Å²) in [5, 5.41) is 17.7. The maximum atomic E-state index is 11.2. The molecular formula is C16H32Na2O7S. The molecule has 0 rings (SSSR count). The third-order valence-electron chi connectivity index (χ3n) is 3.57. The number of ketones is 1. The average molecular weight is 414 g/mol. The van der Waals surface area contributed by atoms with Gasteiger partial charge in [0, 0.05) is 16.8 Å². The van der Waals surface area contributed by atoms with E-state index in [4.69, 9.17) is 27.7 Å². The second kappa shape index (κ2) is 24.5. The second-order valence-corrected chi connectivity index (χ2v) is 6.67. The molecule has 0 spiro atoms. The van der Waals surface area contributed by atoms with Crippen LogP contribution in [0.5, 0.6) is 0 Å². The van der Waals surface area contributed by atoms with Crippen LogP contribution in [-0.4, -0.2) is 46.2 Å². The monoisotopic (exact) mass is 414 g/mol. The van der Waals surface area contributed by atoms with Crippen LogP contribution in [0.4, 0.5) is 0 Å². The van der Waals surface area contributed by atoms with Gasteiger partial charge in [-0.05, 0) is 6.42 Å². The molecule has 0 saturated carbocycles. The summed E-state index contributed by atoms with van der Waals surface area (Å²) in [7, 11) is -5.17. The minimum absolute atomic E-state index is 0. The first-order valence-electron chi connectivity index (χ1n) is 8.70. The number of carbonyl (C=O) groups is 1. The van der Waals surface area contributed by atoms with E-state index in [2.05, 4.69) is 6.92 Å². The van der Waals surface area contributed by atoms with E-state index in [1.807, 2.05) is 0 Å². The van der Waals surface area contributed by atoms with Crippen molar-refractivity contribution in [3.05, 3.63) is 0 Å². The van der Waals surface area contributed by atoms with E-state index in [0.29, 0.717) is 6.42 Å². The predicted octanol–water partition coefficient (Wildman–Crippen LogP) is -3.72. The van der Waals surface area contributed by atoms with Crippen LogP contribution in [0.15, 0.2) is 0 Å². The van der Waals surface area contributed by atoms with Crippen LogP contribution in [0.1, 0.15) is 84.0 Å². The Balaban J connectivity index is -0.000000304. The Kier molecular flexibility index (Phi) is 32.9. The van der Waals surface area contributed by atoms with Gasteiger partial charge < -0.3 is 19.3 Å². The molecular weight excluding hydrogens is 382 g/mol. The third-order valence-corrected chi connectivity index (χ3v) is 3.57. The Morgan fingerprint density at radius 2 is 1.15 bits per heavy atom. The second-order valence-electron chi connectivity index (χ2n) is 5.86. The zero-order valence-electron chi connectivity index (χ0n) is 16.6. The first-order valence-corrected chi connectivity index (χ1v) is 10.0. The van der Waals surface area contributed by atoms with Crippen molar-refractivity contribution in [3.8, 4) is 0 Å². The largest absolute Gasteiger partial charge is 1.00 e. The SMILES string of the molecule is CCCCCCCCCCCCCC(=O)C(O)CO.O=S(=O)([O-])[O-].[Na+].[Na+]. The van der Waals surface area contributed by atoms with Crippen molar-refractivity contribution in [2.24, 2.45) is 0 Å². The maximum Gasteiger partial charge on any atom is 1.00 e. The molecule has 1 unspecified atom stereocenters. The molecule has 0 aliphatic heterocycles. The maximum absolute atomic E-state index is 11.2. The van der Waals surface area contributed by atoms with Crippen LogP contribution in [0.25, 0.3) is 0 Å². The Hall–Kier alpha value is 1.46. The van der Waals surface area contributed by atoms with Crippen LogP contribution in [0.3, 0.4) is 0 Å². The van der Waals surface area contributed by atoms with E-state index in [9.17, 15) is 4.79 Å². The molecule has 0 amide bonds. The topological polar surface area (TPSA) is 138 Å². The molecule has 0 aromatic heterocycles. The van der Waals surface area contributed by atoms with Crippen LogP contribution >= 0.6 is 0 Å². The molecule has 0 heterocycles. The minimum atomic E-state index is -5.17. The van der Waals surface area contributed by atoms with Gasteiger partial charge in [-0.1, -0.05) is 71.1 Å². The van der Waals surface area contributed by atoms with E-state index >= 15 is 0 Å². The summed E-state index contributed by atoms with van der Waals surface area (Å²) < 4.78 is 34.1. The third kappa shape index (κ3) is 36.4. The van der Waals surface area contributed by atoms with E-state index in [0.717, 1.165) is 12.8 Å². The molecule has 0 aromatic carbocycles. The fourth-order valence-electron chi connectivity index (χ4n) is 2.23. The molecule has 26 heavy (non-hydrogen) atoms. The van der Waals surface area contributed by atoms with E-state index in [1.165, 1.54) is 57.8 Å². The van der Waals surface area contributed by atoms with Crippen LogP contribution in [-0.2, 0) is 15.2 Å². The molecule has 1 atom stereocenters. The zero-order valence-corrected chi connectivity index (χ0v) is 21.4. The van der Waals surface area contributed by atoms with Gasteiger partial charge in [-0.25, -0.2) is 0 Å². The molecule has 10 heteroatoms. The van der Waals surface area contributed by atoms with Crippen molar-refractivity contribution in [2.45, 2.75) is 90.1 Å². The van der Waals surface area contributed by atoms with E-state index in [-0.39, 0.29) is 64.9 Å². The van der Waals surface area contributed by atoms with Gasteiger partial charge in [-0.3, -0.25) is 13.2 Å². The predicted molar refractivity (Wildman–Crippen MR) is 89.7 cm³/mol. The van der Waals surface area contributed by atoms with Crippen molar-refractivity contribution in [1.82, 2.24) is 0 Å². The molecule has 2 N–H and O–H groups in total. The summed E-state index contributed by atoms with van der Waals surface area (Å²) in [5.74, 6) is -0.224. The number of Topliss-reactive ketones (excluding diaryl/α,β-unsaturated/α-hetero) is 1. The quantitative estimate of drug-likeness (QED) is 0.129. The van der Waals surface area contributed by atoms with Gasteiger partial charge in [0.15, 0.2) is 5.78 Å². The van der Waals surface area contributed by atoms with Crippen LogP contribution in [0, 0.1) is 0 Å². The molecule has 146 valence electrons. The Labute approximate surface area is 202 Å². The number of hydrogen-bond acceptors (Lipinski definition) is 7. The standard InChI is InChI=1S/C16H32O3.2Na.H2O4S/c1-2-3-4-5-6-7-8-9-10-11-12-13-15(18)16(19)14-17;;;1-5(2,3)4/h16-17,19H,2-14H2,1H3;;;(H2,1,2,3,4)/q;2*+1;/p-2. The molecule has 0 aromatic rings. The fraction of sp³-hybridized carbons (Fsp3) is 0.938. The van der Waals surface area contributed by atoms with Gasteiger partial charge >= 0.3 is 59.1 Å². The number of unbranched alkanes of at least 4 members (excludes halogenated alkanes) is 10. The molecule has 0 aliphatic carbocycles. The van der Waals surface area contributed by atoms with Crippen molar-refractivity contribution >= 4 is 16.2 Å². The smallest absolute Gasteiger partial charge is 0.759 e. The molecule has 7 nitrogen and oxygen atoms in total. The van der Waals surface area contributed by atoms with E-state index in [1.54, 1.807) is 0 Å². The van der Waals surface area contributed by atoms with Gasteiger partial charge in [-0.15, -0.1) is 0 Å². The molecule has 0 radical (unpaired) electrons. The molecule has 0 aliphatic rings. The van der Waals surface area contributed by atoms with Crippen molar-refractivity contribution in [3.63, 3.8) is 0 Å². The summed E-state index contributed by atoms with van der Waals surface area (Å²) in [5.41, 5.74) is 0. The molecule has 0 fully saturated rings. The van der Waals surface area contributed by atoms with Crippen molar-refractivity contribution < 1.29 is 91.6 Å². The van der Waals surface area contributed by atoms with Gasteiger partial charge in [0.05, 0.1) is 6.61 Å². The Bertz CT molecular complexity index is 384. The Morgan fingerprint density at radius 3 is 1.46 bits per heavy atom. The van der Waals surface area contributed by atoms with Gasteiger partial charge in [0.25, 0.3) is 0 Å². The van der Waals surface area contributed by atoms with Crippen LogP contribution in [0.2, 0.25) is 0 Å². The molecule has 0 saturated heterocycles. The van der Waals surface area contributed by atoms with Crippen molar-refractivity contribution in [2.75, 3.05) is 6.61 Å². The number of rotatable bonds is 14. The van der Waals surface area contributed by atoms with Crippen LogP contribution < -0.4 is 59.1 Å². The number of aliphatic hydroxyl groups excluding tert-OH is 2. The summed E-state index contributed by atoms with van der Waals surface area (Å²) in [6.45, 7) is 1.79. The van der Waals surface area contributed by atoms with E-state index < -0.39 is 23.1 Å². The molecule has 0 bridgehead atoms. The average Bonchev–Trinajstić information content (AvgIpc) is 2.50. The fourth-order valence-corrected chi connectivity index (χ4v) is 2.23. The zero-order chi connectivity index (χ0) is 18.8. The number of hydrogen-bond donors (Lipinski definition) is 2. The Morgan fingerprint density at radius 1 is 0.846 bits per heavy atom. The summed E-state index contributed by atoms with van der Waals surface area (Å²) in [6, 6.07) is 0. The normalized spacial score (nSPS) is 11.4. The first-order chi connectivity index (χ1) is 11.2. The minimum Gasteiger partial charge on any atom is -0.759 e. The van der Waals surface area contributed by atoms with Crippen molar-refractivity contribution in [1.29, 1.82) is 0 Å². The summed E-state index contributed by atoms with van der Waals surface area (Å²) in [6.07, 6.45) is 13.0. The van der Waals surface area contributed by atoms with Gasteiger partial charge in [0.2, 0.25) is 0 Å². The van der Waals surface area contributed by atoms with Gasteiger partial charge in [-0.2, -0.15) is 0 Å². The number of carbonyl (C=O) groups excluding carboxylic acids is 1.